The van der Waals surface area contributed by atoms with Crippen molar-refractivity contribution in [2.24, 2.45) is 0 Å². The van der Waals surface area contributed by atoms with Crippen molar-refractivity contribution in [2.75, 3.05) is 5.73 Å². The van der Waals surface area contributed by atoms with Gasteiger partial charge in [-0.1, -0.05) is 30.3 Å². The van der Waals surface area contributed by atoms with Crippen LogP contribution >= 0.6 is 40.1 Å². The molecule has 0 saturated carbocycles. The number of anilines is 1. The maximum atomic E-state index is 5.64. The highest BCUT2D eigenvalue weighted by Crippen LogP contribution is 2.30. The van der Waals surface area contributed by atoms with Crippen molar-refractivity contribution in [3.8, 4) is 0 Å². The number of thioether (sulfide) groups is 1. The Kier molecular flexibility index (Phi) is 5.91. The molecule has 0 radical (unpaired) electrons. The van der Waals surface area contributed by atoms with E-state index >= 15 is 0 Å². The number of nitrogens with two attached hydrogens (primary N) is 1. The normalized spacial score (nSPS) is 9.89. The van der Waals surface area contributed by atoms with Gasteiger partial charge in [-0.3, -0.25) is 0 Å². The van der Waals surface area contributed by atoms with Crippen LogP contribution in [0.5, 0.6) is 0 Å². The van der Waals surface area contributed by atoms with Crippen molar-refractivity contribution in [1.29, 1.82) is 0 Å². The summed E-state index contributed by atoms with van der Waals surface area (Å²) in [5, 5.41) is 0.888. The first-order chi connectivity index (χ1) is 8.16. The van der Waals surface area contributed by atoms with E-state index in [1.165, 1.54) is 5.56 Å². The van der Waals surface area contributed by atoms with E-state index in [2.05, 4.69) is 38.0 Å². The molecule has 0 aliphatic heterocycles. The molecule has 0 unspecified atom stereocenters. The van der Waals surface area contributed by atoms with Crippen molar-refractivity contribution in [2.45, 2.75) is 17.7 Å². The minimum Gasteiger partial charge on any atom is -0.368 e. The summed E-state index contributed by atoms with van der Waals surface area (Å²) in [7, 11) is 0. The molecule has 0 fully saturated rings. The van der Waals surface area contributed by atoms with Crippen LogP contribution in [0.3, 0.4) is 0 Å². The highest BCUT2D eigenvalue weighted by molar-refractivity contribution is 9.10. The monoisotopic (exact) mass is 345 g/mol. The van der Waals surface area contributed by atoms with Gasteiger partial charge in [0.15, 0.2) is 0 Å². The van der Waals surface area contributed by atoms with Gasteiger partial charge in [-0.15, -0.1) is 24.2 Å². The summed E-state index contributed by atoms with van der Waals surface area (Å²) in [5.74, 6) is 1.19. The fourth-order valence-corrected chi connectivity index (χ4v) is 2.82. The number of aryl methyl sites for hydroxylation is 1. The van der Waals surface area contributed by atoms with E-state index in [0.29, 0.717) is 5.95 Å². The van der Waals surface area contributed by atoms with Crippen molar-refractivity contribution in [3.05, 3.63) is 46.1 Å². The Morgan fingerprint density at radius 2 is 1.89 bits per heavy atom. The number of nitrogen functional groups attached to an aromatic ring is 1. The van der Waals surface area contributed by atoms with Crippen molar-refractivity contribution in [1.82, 2.24) is 9.97 Å². The lowest BCUT2D eigenvalue weighted by molar-refractivity contribution is 1.000. The molecule has 0 bridgehead atoms. The molecule has 3 nitrogen and oxygen atoms in total. The van der Waals surface area contributed by atoms with E-state index < -0.39 is 0 Å². The summed E-state index contributed by atoms with van der Waals surface area (Å²) >= 11 is 5.14. The van der Waals surface area contributed by atoms with Gasteiger partial charge in [0.25, 0.3) is 0 Å². The highest BCUT2D eigenvalue weighted by atomic mass is 79.9. The first-order valence-corrected chi connectivity index (χ1v) is 6.91. The van der Waals surface area contributed by atoms with Gasteiger partial charge in [0.2, 0.25) is 5.95 Å². The Morgan fingerprint density at radius 3 is 2.56 bits per heavy atom. The van der Waals surface area contributed by atoms with Crippen molar-refractivity contribution in [3.63, 3.8) is 0 Å². The summed E-state index contributed by atoms with van der Waals surface area (Å²) in [6.45, 7) is 1.91. The van der Waals surface area contributed by atoms with Gasteiger partial charge in [0.1, 0.15) is 5.03 Å². The van der Waals surface area contributed by atoms with Gasteiger partial charge in [-0.25, -0.2) is 9.97 Å². The standard InChI is InChI=1S/C12H12BrN3S.ClH/c1-8-10(13)11(16-12(14)15-8)17-7-9-5-3-2-4-6-9;/h2-6H,7H2,1H3,(H2,14,15,16);1H. The van der Waals surface area contributed by atoms with Crippen LogP contribution in [0.25, 0.3) is 0 Å². The zero-order chi connectivity index (χ0) is 12.3. The van der Waals surface area contributed by atoms with Gasteiger partial charge < -0.3 is 5.73 Å². The summed E-state index contributed by atoms with van der Waals surface area (Å²) in [5.41, 5.74) is 7.77. The first-order valence-electron chi connectivity index (χ1n) is 5.13. The molecule has 0 atom stereocenters. The predicted molar refractivity (Wildman–Crippen MR) is 82.1 cm³/mol. The third-order valence-corrected chi connectivity index (χ3v) is 4.48. The molecule has 0 saturated heterocycles. The zero-order valence-corrected chi connectivity index (χ0v) is 13.0. The molecule has 0 aliphatic rings. The molecule has 6 heteroatoms. The number of rotatable bonds is 3. The molecule has 1 aromatic heterocycles. The lowest BCUT2D eigenvalue weighted by atomic mass is 10.2. The average molecular weight is 347 g/mol. The first kappa shape index (κ1) is 15.3. The second kappa shape index (κ2) is 6.97. The van der Waals surface area contributed by atoms with Gasteiger partial charge >= 0.3 is 0 Å². The largest absolute Gasteiger partial charge is 0.368 e. The minimum atomic E-state index is 0. The average Bonchev–Trinajstić information content (AvgIpc) is 2.33. The Balaban J connectivity index is 0.00000162. The van der Waals surface area contributed by atoms with Crippen LogP contribution in [0.4, 0.5) is 5.95 Å². The summed E-state index contributed by atoms with van der Waals surface area (Å²) in [6, 6.07) is 10.3. The van der Waals surface area contributed by atoms with Crippen LogP contribution in [0.1, 0.15) is 11.3 Å². The number of aromatic nitrogens is 2. The Hall–Kier alpha value is -0.780. The van der Waals surface area contributed by atoms with E-state index in [9.17, 15) is 0 Å². The maximum absolute atomic E-state index is 5.64. The molecule has 1 heterocycles. The fourth-order valence-electron chi connectivity index (χ4n) is 1.38. The molecular formula is C12H13BrClN3S. The van der Waals surface area contributed by atoms with Gasteiger partial charge in [0, 0.05) is 5.75 Å². The van der Waals surface area contributed by atoms with Crippen LogP contribution < -0.4 is 5.73 Å². The smallest absolute Gasteiger partial charge is 0.221 e. The van der Waals surface area contributed by atoms with Crippen molar-refractivity contribution < 1.29 is 0 Å². The molecule has 96 valence electrons. The lowest BCUT2D eigenvalue weighted by Gasteiger charge is -2.06. The highest BCUT2D eigenvalue weighted by Gasteiger charge is 2.08. The molecule has 0 aliphatic carbocycles. The quantitative estimate of drug-likeness (QED) is 0.677. The number of benzene rings is 1. The molecular weight excluding hydrogens is 334 g/mol. The maximum Gasteiger partial charge on any atom is 0.221 e. The summed E-state index contributed by atoms with van der Waals surface area (Å²) in [4.78, 5) is 8.33. The summed E-state index contributed by atoms with van der Waals surface area (Å²) < 4.78 is 0.924. The zero-order valence-electron chi connectivity index (χ0n) is 9.76. The van der Waals surface area contributed by atoms with Crippen LogP contribution in [-0.2, 0) is 5.75 Å². The van der Waals surface area contributed by atoms with E-state index in [4.69, 9.17) is 5.73 Å². The Labute approximate surface area is 125 Å². The van der Waals surface area contributed by atoms with Gasteiger partial charge in [-0.2, -0.15) is 0 Å². The molecule has 2 aromatic rings. The van der Waals surface area contributed by atoms with Crippen molar-refractivity contribution >= 4 is 46.0 Å². The molecule has 0 amide bonds. The lowest BCUT2D eigenvalue weighted by Crippen LogP contribution is -1.99. The second-order valence-electron chi connectivity index (χ2n) is 3.56. The van der Waals surface area contributed by atoms with E-state index in [1.54, 1.807) is 11.8 Å². The number of hydrogen-bond acceptors (Lipinski definition) is 4. The number of hydrogen-bond donors (Lipinski definition) is 1. The third kappa shape index (κ3) is 3.86. The number of nitrogens with zero attached hydrogens (tertiary/aromatic N) is 2. The van der Waals surface area contributed by atoms with Crippen LogP contribution in [0.2, 0.25) is 0 Å². The summed E-state index contributed by atoms with van der Waals surface area (Å²) in [6.07, 6.45) is 0. The molecule has 2 N–H and O–H groups in total. The fraction of sp³-hybridized carbons (Fsp3) is 0.167. The number of halogens is 2. The SMILES string of the molecule is Cc1nc(N)nc(SCc2ccccc2)c1Br.Cl. The van der Waals surface area contributed by atoms with Crippen LogP contribution in [-0.4, -0.2) is 9.97 Å². The molecule has 1 aromatic carbocycles. The topological polar surface area (TPSA) is 51.8 Å². The van der Waals surface area contributed by atoms with Crippen LogP contribution in [0.15, 0.2) is 39.8 Å². The molecule has 18 heavy (non-hydrogen) atoms. The van der Waals surface area contributed by atoms with Gasteiger partial charge in [0.05, 0.1) is 10.2 Å². The molecule has 0 spiro atoms. The second-order valence-corrected chi connectivity index (χ2v) is 5.32. The predicted octanol–water partition coefficient (Wildman–Crippen LogP) is 3.84. The minimum absolute atomic E-state index is 0. The third-order valence-electron chi connectivity index (χ3n) is 2.22. The van der Waals surface area contributed by atoms with E-state index in [-0.39, 0.29) is 12.4 Å². The Bertz CT molecular complexity index is 522. The van der Waals surface area contributed by atoms with E-state index in [1.807, 2.05) is 25.1 Å². The molecule has 2 rings (SSSR count). The van der Waals surface area contributed by atoms with Crippen LogP contribution in [0, 0.1) is 6.92 Å². The van der Waals surface area contributed by atoms with E-state index in [0.717, 1.165) is 20.9 Å². The Morgan fingerprint density at radius 1 is 1.22 bits per heavy atom. The van der Waals surface area contributed by atoms with Gasteiger partial charge in [-0.05, 0) is 28.4 Å².